The zero-order valence-corrected chi connectivity index (χ0v) is 11.2. The second kappa shape index (κ2) is 4.56. The molecule has 2 aromatic carbocycles. The number of fused-ring (bicyclic) bond motifs is 3. The smallest absolute Gasteiger partial charge is 0.265 e. The van der Waals surface area contributed by atoms with Crippen LogP contribution in [0.2, 0.25) is 0 Å². The Hall–Kier alpha value is -2.95. The van der Waals surface area contributed by atoms with Crippen LogP contribution in [0.15, 0.2) is 59.4 Å². The van der Waals surface area contributed by atoms with E-state index < -0.39 is 0 Å². The highest BCUT2D eigenvalue weighted by Crippen LogP contribution is 2.24. The van der Waals surface area contributed by atoms with E-state index in [2.05, 4.69) is 15.3 Å². The molecular weight excluding hydrogens is 264 g/mol. The zero-order chi connectivity index (χ0) is 14.2. The standard InChI is InChI=1S/C16H12N4O/c21-16-15-14(17-18-16)12-8-4-5-9-13(12)20(19-15)10-11-6-2-1-3-7-11/h1-9H,10H2,(H,18,21). The average Bonchev–Trinajstić information content (AvgIpc) is 2.90. The second-order valence-corrected chi connectivity index (χ2v) is 4.91. The first-order valence-electron chi connectivity index (χ1n) is 6.71. The summed E-state index contributed by atoms with van der Waals surface area (Å²) >= 11 is 0. The first-order chi connectivity index (χ1) is 10.3. The van der Waals surface area contributed by atoms with Crippen molar-refractivity contribution in [3.8, 4) is 11.4 Å². The first kappa shape index (κ1) is 11.8. The summed E-state index contributed by atoms with van der Waals surface area (Å²) in [5.41, 5.74) is 2.85. The van der Waals surface area contributed by atoms with E-state index in [0.717, 1.165) is 16.5 Å². The number of aromatic amines is 1. The molecule has 0 bridgehead atoms. The van der Waals surface area contributed by atoms with E-state index in [0.29, 0.717) is 17.9 Å². The third-order valence-electron chi connectivity index (χ3n) is 3.54. The maximum atomic E-state index is 11.8. The Morgan fingerprint density at radius 2 is 1.71 bits per heavy atom. The van der Waals surface area contributed by atoms with Gasteiger partial charge in [-0.05, 0) is 11.6 Å². The van der Waals surface area contributed by atoms with Gasteiger partial charge in [0.1, 0.15) is 5.69 Å². The predicted octanol–water partition coefficient (Wildman–Crippen LogP) is 2.27. The summed E-state index contributed by atoms with van der Waals surface area (Å²) in [6.07, 6.45) is 0. The fourth-order valence-corrected chi connectivity index (χ4v) is 2.55. The van der Waals surface area contributed by atoms with E-state index in [1.54, 1.807) is 0 Å². The largest absolute Gasteiger partial charge is 0.294 e. The summed E-state index contributed by atoms with van der Waals surface area (Å²) in [6.45, 7) is 0.613. The van der Waals surface area contributed by atoms with Crippen molar-refractivity contribution in [2.45, 2.75) is 6.54 Å². The van der Waals surface area contributed by atoms with Gasteiger partial charge in [0, 0.05) is 5.39 Å². The van der Waals surface area contributed by atoms with E-state index in [4.69, 9.17) is 0 Å². The molecule has 0 aromatic heterocycles. The van der Waals surface area contributed by atoms with Crippen molar-refractivity contribution in [3.05, 3.63) is 70.5 Å². The van der Waals surface area contributed by atoms with Gasteiger partial charge in [0.05, 0.1) is 12.1 Å². The van der Waals surface area contributed by atoms with Crippen molar-refractivity contribution in [1.82, 2.24) is 20.0 Å². The lowest BCUT2D eigenvalue weighted by Crippen LogP contribution is -2.12. The van der Waals surface area contributed by atoms with Gasteiger partial charge in [0.25, 0.3) is 5.56 Å². The van der Waals surface area contributed by atoms with Crippen molar-refractivity contribution < 1.29 is 0 Å². The van der Waals surface area contributed by atoms with Crippen molar-refractivity contribution in [3.63, 3.8) is 0 Å². The molecule has 21 heavy (non-hydrogen) atoms. The highest BCUT2D eigenvalue weighted by Gasteiger charge is 2.18. The van der Waals surface area contributed by atoms with Crippen LogP contribution in [0.1, 0.15) is 5.56 Å². The third-order valence-corrected chi connectivity index (χ3v) is 3.54. The van der Waals surface area contributed by atoms with Crippen LogP contribution in [0.5, 0.6) is 0 Å². The molecule has 0 fully saturated rings. The van der Waals surface area contributed by atoms with E-state index >= 15 is 0 Å². The van der Waals surface area contributed by atoms with Gasteiger partial charge in [0.15, 0.2) is 5.69 Å². The van der Waals surface area contributed by atoms with Crippen molar-refractivity contribution in [2.24, 2.45) is 0 Å². The predicted molar refractivity (Wildman–Crippen MR) is 80.3 cm³/mol. The molecule has 0 aliphatic carbocycles. The molecule has 2 aliphatic rings. The summed E-state index contributed by atoms with van der Waals surface area (Å²) in [5, 5.41) is 12.0. The molecule has 2 aromatic rings. The number of nitrogens with zero attached hydrogens (tertiary/aromatic N) is 3. The van der Waals surface area contributed by atoms with Gasteiger partial charge in [-0.3, -0.25) is 9.48 Å². The van der Waals surface area contributed by atoms with E-state index in [-0.39, 0.29) is 5.56 Å². The topological polar surface area (TPSA) is 63.6 Å². The Bertz CT molecular complexity index is 939. The highest BCUT2D eigenvalue weighted by molar-refractivity contribution is 5.91. The Morgan fingerprint density at radius 1 is 0.952 bits per heavy atom. The van der Waals surface area contributed by atoms with Crippen molar-refractivity contribution >= 4 is 10.9 Å². The molecule has 0 radical (unpaired) electrons. The fourth-order valence-electron chi connectivity index (χ4n) is 2.55. The Morgan fingerprint density at radius 3 is 2.57 bits per heavy atom. The molecule has 2 heterocycles. The van der Waals surface area contributed by atoms with Gasteiger partial charge in [-0.1, -0.05) is 48.5 Å². The number of hydrogen-bond donors (Lipinski definition) is 1. The number of aromatic nitrogens is 4. The molecule has 102 valence electrons. The summed E-state index contributed by atoms with van der Waals surface area (Å²) < 4.78 is 1.85. The third kappa shape index (κ3) is 1.90. The normalized spacial score (nSPS) is 11.2. The van der Waals surface area contributed by atoms with Crippen LogP contribution < -0.4 is 5.56 Å². The minimum atomic E-state index is -0.252. The van der Waals surface area contributed by atoms with Crippen LogP contribution in [-0.2, 0) is 6.54 Å². The molecule has 0 amide bonds. The first-order valence-corrected chi connectivity index (χ1v) is 6.71. The summed E-state index contributed by atoms with van der Waals surface area (Å²) in [5.74, 6) is 0. The lowest BCUT2D eigenvalue weighted by atomic mass is 10.1. The van der Waals surface area contributed by atoms with E-state index in [9.17, 15) is 4.79 Å². The van der Waals surface area contributed by atoms with Gasteiger partial charge in [0.2, 0.25) is 0 Å². The summed E-state index contributed by atoms with van der Waals surface area (Å²) in [7, 11) is 0. The Kier molecular flexibility index (Phi) is 2.57. The second-order valence-electron chi connectivity index (χ2n) is 4.91. The minimum Gasteiger partial charge on any atom is -0.265 e. The van der Waals surface area contributed by atoms with Gasteiger partial charge >= 0.3 is 0 Å². The molecule has 2 aliphatic heterocycles. The Labute approximate surface area is 120 Å². The van der Waals surface area contributed by atoms with E-state index in [1.807, 2.05) is 59.3 Å². The maximum Gasteiger partial charge on any atom is 0.294 e. The number of H-pyrrole nitrogens is 1. The van der Waals surface area contributed by atoms with Crippen molar-refractivity contribution in [2.75, 3.05) is 0 Å². The molecule has 0 unspecified atom stereocenters. The fraction of sp³-hybridized carbons (Fsp3) is 0.0625. The maximum absolute atomic E-state index is 11.8. The molecule has 4 rings (SSSR count). The molecule has 0 saturated carbocycles. The van der Waals surface area contributed by atoms with Gasteiger partial charge in [-0.15, -0.1) is 0 Å². The van der Waals surface area contributed by atoms with Crippen LogP contribution in [0.3, 0.4) is 0 Å². The van der Waals surface area contributed by atoms with Crippen LogP contribution in [0, 0.1) is 0 Å². The average molecular weight is 276 g/mol. The van der Waals surface area contributed by atoms with Gasteiger partial charge in [-0.25, -0.2) is 5.10 Å². The highest BCUT2D eigenvalue weighted by atomic mass is 16.1. The van der Waals surface area contributed by atoms with Crippen LogP contribution in [0.25, 0.3) is 22.3 Å². The van der Waals surface area contributed by atoms with Gasteiger partial charge < -0.3 is 0 Å². The van der Waals surface area contributed by atoms with Gasteiger partial charge in [-0.2, -0.15) is 10.2 Å². The molecular formula is C16H12N4O. The quantitative estimate of drug-likeness (QED) is 0.611. The number of nitrogens with one attached hydrogen (secondary N) is 1. The molecule has 0 atom stereocenters. The number of hydrogen-bond acceptors (Lipinski definition) is 3. The van der Waals surface area contributed by atoms with Crippen LogP contribution in [0.4, 0.5) is 0 Å². The molecule has 0 saturated heterocycles. The van der Waals surface area contributed by atoms with Crippen molar-refractivity contribution in [1.29, 1.82) is 0 Å². The minimum absolute atomic E-state index is 0.252. The number of benzene rings is 2. The number of para-hydroxylation sites is 1. The lowest BCUT2D eigenvalue weighted by Gasteiger charge is -2.12. The molecule has 0 spiro atoms. The van der Waals surface area contributed by atoms with E-state index in [1.165, 1.54) is 0 Å². The zero-order valence-electron chi connectivity index (χ0n) is 11.2. The van der Waals surface area contributed by atoms with Crippen LogP contribution >= 0.6 is 0 Å². The molecule has 5 nitrogen and oxygen atoms in total. The summed E-state index contributed by atoms with van der Waals surface area (Å²) in [6, 6.07) is 17.9. The Balaban J connectivity index is 2.00. The summed E-state index contributed by atoms with van der Waals surface area (Å²) in [4.78, 5) is 11.8. The lowest BCUT2D eigenvalue weighted by molar-refractivity contribution is 0.699. The SMILES string of the molecule is O=c1[nH]nc2c3ccccc3n(Cc3ccccc3)nc1-2. The number of rotatable bonds is 2. The molecule has 1 N–H and O–H groups in total. The monoisotopic (exact) mass is 276 g/mol. The van der Waals surface area contributed by atoms with Crippen LogP contribution in [-0.4, -0.2) is 20.0 Å². The molecule has 5 heteroatoms.